The van der Waals surface area contributed by atoms with Crippen LogP contribution in [0.1, 0.15) is 5.56 Å². The third kappa shape index (κ3) is 1.90. The first-order valence-electron chi connectivity index (χ1n) is 7.23. The Morgan fingerprint density at radius 1 is 1.00 bits per heavy atom. The Balaban J connectivity index is 1.73. The smallest absolute Gasteiger partial charge is 0.213 e. The molecule has 0 radical (unpaired) electrons. The van der Waals surface area contributed by atoms with Crippen LogP contribution in [0.3, 0.4) is 0 Å². The molecule has 5 nitrogen and oxygen atoms in total. The van der Waals surface area contributed by atoms with E-state index < -0.39 is 0 Å². The summed E-state index contributed by atoms with van der Waals surface area (Å²) in [6.45, 7) is 7.36. The van der Waals surface area contributed by atoms with Crippen LogP contribution in [0, 0.1) is 5.41 Å². The van der Waals surface area contributed by atoms with Crippen molar-refractivity contribution in [1.29, 1.82) is 0 Å². The number of nitrogens with two attached hydrogens (primary N) is 1. The van der Waals surface area contributed by atoms with Gasteiger partial charge in [-0.1, -0.05) is 28.1 Å². The number of hydrogen-bond acceptors (Lipinski definition) is 2. The molecule has 6 heteroatoms. The molecule has 0 aromatic heterocycles. The molecule has 0 unspecified atom stereocenters. The van der Waals surface area contributed by atoms with Crippen LogP contribution < -0.4 is 20.5 Å². The van der Waals surface area contributed by atoms with Crippen LogP contribution in [-0.2, 0) is 0 Å². The summed E-state index contributed by atoms with van der Waals surface area (Å²) in [7, 11) is 0. The fraction of sp³-hybridized carbons (Fsp3) is 0.500. The van der Waals surface area contributed by atoms with Crippen molar-refractivity contribution >= 4 is 21.6 Å². The number of halogens is 1. The van der Waals surface area contributed by atoms with Crippen LogP contribution in [0.25, 0.3) is 0 Å². The summed E-state index contributed by atoms with van der Waals surface area (Å²) in [5.74, 6) is 5.81. The van der Waals surface area contributed by atoms with E-state index in [0.29, 0.717) is 0 Å². The molecule has 4 aliphatic heterocycles. The number of benzene rings is 1. The number of nitrogens with zero attached hydrogens (tertiary/aromatic N) is 1. The molecule has 5 rings (SSSR count). The van der Waals surface area contributed by atoms with E-state index in [1.165, 1.54) is 45.2 Å². The lowest BCUT2D eigenvalue weighted by molar-refractivity contribution is -1.30. The van der Waals surface area contributed by atoms with Crippen molar-refractivity contribution in [3.8, 4) is 0 Å². The van der Waals surface area contributed by atoms with Crippen molar-refractivity contribution in [1.82, 2.24) is 0 Å². The molecule has 0 saturated carbocycles. The normalized spacial score (nSPS) is 39.2. The summed E-state index contributed by atoms with van der Waals surface area (Å²) < 4.78 is 1.10. The molecule has 5 N–H and O–H groups in total. The van der Waals surface area contributed by atoms with Crippen LogP contribution >= 0.6 is 15.9 Å². The van der Waals surface area contributed by atoms with Gasteiger partial charge in [-0.3, -0.25) is 0 Å². The molecule has 1 aromatic rings. The first-order chi connectivity index (χ1) is 9.68. The van der Waals surface area contributed by atoms with Crippen molar-refractivity contribution in [3.63, 3.8) is 0 Å². The third-order valence-corrected chi connectivity index (χ3v) is 5.54. The van der Waals surface area contributed by atoms with Crippen molar-refractivity contribution in [2.24, 2.45) is 16.4 Å². The minimum atomic E-state index is 0.164. The molecule has 1 aromatic carbocycles. The lowest BCUT2D eigenvalue weighted by atomic mass is 9.74. The van der Waals surface area contributed by atoms with Crippen LogP contribution in [-0.4, -0.2) is 45.4 Å². The zero-order valence-corrected chi connectivity index (χ0v) is 13.0. The van der Waals surface area contributed by atoms with Gasteiger partial charge in [-0.15, -0.1) is 0 Å². The third-order valence-electron chi connectivity index (χ3n) is 5.01. The zero-order chi connectivity index (χ0) is 13.7. The standard InChI is InChI=1S/C14H18BrN5/c15-12-3-1-11(2-4-12)13(17-16)14-5-18-8-19(6-14)10-20(7-14)9-18/h1-4H,5-10,16H2/p+3/b17-13-. The fourth-order valence-electron chi connectivity index (χ4n) is 4.62. The molecular formula is C14H21BrN5+3. The Labute approximate surface area is 127 Å². The van der Waals surface area contributed by atoms with E-state index in [4.69, 9.17) is 5.84 Å². The Morgan fingerprint density at radius 3 is 1.95 bits per heavy atom. The molecular weight excluding hydrogens is 318 g/mol. The zero-order valence-electron chi connectivity index (χ0n) is 11.5. The Bertz CT molecular complexity index is 518. The van der Waals surface area contributed by atoms with Crippen molar-refractivity contribution < 1.29 is 14.7 Å². The minimum Gasteiger partial charge on any atom is -0.323 e. The second kappa shape index (κ2) is 4.53. The summed E-state index contributed by atoms with van der Waals surface area (Å²) >= 11 is 3.50. The highest BCUT2D eigenvalue weighted by Crippen LogP contribution is 2.23. The van der Waals surface area contributed by atoms with Crippen molar-refractivity contribution in [2.75, 3.05) is 39.6 Å². The Morgan fingerprint density at radius 2 is 1.50 bits per heavy atom. The van der Waals surface area contributed by atoms with Crippen LogP contribution in [0.5, 0.6) is 0 Å². The summed E-state index contributed by atoms with van der Waals surface area (Å²) in [5, 5.41) is 4.24. The van der Waals surface area contributed by atoms with E-state index in [1.54, 1.807) is 14.7 Å². The Hall–Kier alpha value is -0.950. The average Bonchev–Trinajstić information content (AvgIpc) is 2.40. The second-order valence-corrected chi connectivity index (χ2v) is 7.49. The molecule has 20 heavy (non-hydrogen) atoms. The molecule has 0 spiro atoms. The topological polar surface area (TPSA) is 51.7 Å². The molecule has 4 saturated heterocycles. The molecule has 4 aliphatic rings. The summed E-state index contributed by atoms with van der Waals surface area (Å²) in [6.07, 6.45) is 0. The molecule has 0 atom stereocenters. The lowest BCUT2D eigenvalue weighted by Gasteiger charge is -2.52. The van der Waals surface area contributed by atoms with Gasteiger partial charge in [-0.25, -0.2) is 14.7 Å². The average molecular weight is 339 g/mol. The summed E-state index contributed by atoms with van der Waals surface area (Å²) in [6, 6.07) is 8.42. The van der Waals surface area contributed by atoms with Gasteiger partial charge < -0.3 is 5.84 Å². The van der Waals surface area contributed by atoms with Gasteiger partial charge in [0.25, 0.3) is 0 Å². The Kier molecular flexibility index (Phi) is 2.89. The van der Waals surface area contributed by atoms with Gasteiger partial charge in [0.2, 0.25) is 20.0 Å². The predicted octanol–water partition coefficient (Wildman–Crippen LogP) is -3.33. The van der Waals surface area contributed by atoms with Crippen LogP contribution in [0.15, 0.2) is 33.8 Å². The first kappa shape index (κ1) is 12.8. The maximum atomic E-state index is 5.81. The van der Waals surface area contributed by atoms with Gasteiger partial charge in [-0.05, 0) is 17.7 Å². The van der Waals surface area contributed by atoms with E-state index >= 15 is 0 Å². The number of hydrazone groups is 1. The maximum Gasteiger partial charge on any atom is 0.213 e. The molecule has 4 fully saturated rings. The second-order valence-electron chi connectivity index (χ2n) is 6.58. The maximum absolute atomic E-state index is 5.81. The molecule has 0 amide bonds. The molecule has 4 bridgehead atoms. The van der Waals surface area contributed by atoms with Crippen LogP contribution in [0.2, 0.25) is 0 Å². The number of nitrogens with one attached hydrogen (secondary N) is 3. The van der Waals surface area contributed by atoms with Gasteiger partial charge >= 0.3 is 0 Å². The van der Waals surface area contributed by atoms with Crippen molar-refractivity contribution in [2.45, 2.75) is 0 Å². The first-order valence-corrected chi connectivity index (χ1v) is 8.03. The van der Waals surface area contributed by atoms with Crippen LogP contribution in [0.4, 0.5) is 0 Å². The molecule has 0 aliphatic carbocycles. The van der Waals surface area contributed by atoms with E-state index in [9.17, 15) is 0 Å². The van der Waals surface area contributed by atoms with Crippen molar-refractivity contribution in [3.05, 3.63) is 34.3 Å². The monoisotopic (exact) mass is 338 g/mol. The quantitative estimate of drug-likeness (QED) is 0.254. The van der Waals surface area contributed by atoms with Gasteiger partial charge in [0, 0.05) is 4.47 Å². The minimum absolute atomic E-state index is 0.164. The van der Waals surface area contributed by atoms with Gasteiger partial charge in [0.1, 0.15) is 19.6 Å². The molecule has 106 valence electrons. The highest BCUT2D eigenvalue weighted by Gasteiger charge is 2.60. The van der Waals surface area contributed by atoms with E-state index in [0.717, 1.165) is 10.2 Å². The number of hydrogen-bond donors (Lipinski definition) is 4. The van der Waals surface area contributed by atoms with Gasteiger partial charge in [0.05, 0.1) is 5.71 Å². The van der Waals surface area contributed by atoms with Gasteiger partial charge in [-0.2, -0.15) is 5.10 Å². The SMILES string of the molecule is N/N=C(/c1ccc(Br)cc1)C12C[NH+]3C[NH+](C[NH+](C3)C1)C2. The van der Waals surface area contributed by atoms with Gasteiger partial charge in [0.15, 0.2) is 5.41 Å². The van der Waals surface area contributed by atoms with E-state index in [1.807, 2.05) is 0 Å². The highest BCUT2D eigenvalue weighted by molar-refractivity contribution is 9.10. The van der Waals surface area contributed by atoms with E-state index in [-0.39, 0.29) is 5.41 Å². The molecule has 4 heterocycles. The predicted molar refractivity (Wildman–Crippen MR) is 79.4 cm³/mol. The highest BCUT2D eigenvalue weighted by atomic mass is 79.9. The largest absolute Gasteiger partial charge is 0.323 e. The number of rotatable bonds is 2. The fourth-order valence-corrected chi connectivity index (χ4v) is 4.89. The number of quaternary nitrogens is 3. The lowest BCUT2D eigenvalue weighted by Crippen LogP contribution is -3.56. The summed E-state index contributed by atoms with van der Waals surface area (Å²) in [4.78, 5) is 5.12. The summed E-state index contributed by atoms with van der Waals surface area (Å²) in [5.41, 5.74) is 2.45. The van der Waals surface area contributed by atoms with E-state index in [2.05, 4.69) is 45.3 Å².